The molecule has 1 aromatic carbocycles. The van der Waals surface area contributed by atoms with Crippen LogP contribution < -0.4 is 16.4 Å². The van der Waals surface area contributed by atoms with Crippen LogP contribution in [-0.2, 0) is 16.8 Å². The molecule has 28 heavy (non-hydrogen) atoms. The molecule has 2 heterocycles. The number of hydrogen-bond acceptors (Lipinski definition) is 4. The Bertz CT molecular complexity index is 976. The number of hydrogen-bond donors (Lipinski definition) is 3. The number of rotatable bonds is 4. The SMILES string of the molecule is CC1(C)Cc2c(sc(NC(=O)C=Cc3ccccc3Cl)c2C(N)=O)C(C)(C)N1. The molecule has 0 unspecified atom stereocenters. The highest BCUT2D eigenvalue weighted by Gasteiger charge is 2.41. The summed E-state index contributed by atoms with van der Waals surface area (Å²) in [7, 11) is 0. The Balaban J connectivity index is 1.93. The minimum absolute atomic E-state index is 0.187. The summed E-state index contributed by atoms with van der Waals surface area (Å²) >= 11 is 7.51. The van der Waals surface area contributed by atoms with E-state index in [1.54, 1.807) is 12.1 Å². The Morgan fingerprint density at radius 1 is 1.25 bits per heavy atom. The summed E-state index contributed by atoms with van der Waals surface area (Å²) < 4.78 is 0. The number of carbonyl (C=O) groups excluding carboxylic acids is 2. The Morgan fingerprint density at radius 2 is 1.93 bits per heavy atom. The zero-order valence-corrected chi connectivity index (χ0v) is 17.9. The molecule has 0 saturated heterocycles. The molecular weight excluding hydrogens is 394 g/mol. The van der Waals surface area contributed by atoms with Crippen LogP contribution in [-0.4, -0.2) is 17.4 Å². The van der Waals surface area contributed by atoms with Gasteiger partial charge in [0.15, 0.2) is 0 Å². The number of amides is 2. The zero-order valence-electron chi connectivity index (χ0n) is 16.4. The Morgan fingerprint density at radius 3 is 2.57 bits per heavy atom. The molecule has 1 aliphatic rings. The minimum atomic E-state index is -0.531. The second-order valence-corrected chi connectivity index (χ2v) is 9.56. The number of benzene rings is 1. The third-order valence-corrected chi connectivity index (χ3v) is 6.46. The predicted octanol–water partition coefficient (Wildman–Crippen LogP) is 4.31. The lowest BCUT2D eigenvalue weighted by Gasteiger charge is -2.42. The van der Waals surface area contributed by atoms with Crippen LogP contribution >= 0.6 is 22.9 Å². The smallest absolute Gasteiger partial charge is 0.251 e. The lowest BCUT2D eigenvalue weighted by Crippen LogP contribution is -2.55. The van der Waals surface area contributed by atoms with Gasteiger partial charge in [-0.25, -0.2) is 0 Å². The monoisotopic (exact) mass is 417 g/mol. The van der Waals surface area contributed by atoms with Gasteiger partial charge in [0, 0.05) is 27.1 Å². The topological polar surface area (TPSA) is 84.2 Å². The fraction of sp³-hybridized carbons (Fsp3) is 0.333. The third kappa shape index (κ3) is 4.14. The maximum absolute atomic E-state index is 12.5. The third-order valence-electron chi connectivity index (χ3n) is 4.65. The summed E-state index contributed by atoms with van der Waals surface area (Å²) in [6, 6.07) is 7.25. The molecular formula is C21H24ClN3O2S. The second-order valence-electron chi connectivity index (χ2n) is 8.13. The normalized spacial score (nSPS) is 17.3. The van der Waals surface area contributed by atoms with E-state index in [1.165, 1.54) is 17.4 Å². The van der Waals surface area contributed by atoms with E-state index >= 15 is 0 Å². The quantitative estimate of drug-likeness (QED) is 0.648. The van der Waals surface area contributed by atoms with E-state index in [1.807, 2.05) is 18.2 Å². The van der Waals surface area contributed by atoms with Crippen molar-refractivity contribution < 1.29 is 9.59 Å². The highest BCUT2D eigenvalue weighted by Crippen LogP contribution is 2.44. The van der Waals surface area contributed by atoms with E-state index in [0.29, 0.717) is 22.0 Å². The molecule has 0 aliphatic carbocycles. The molecule has 0 atom stereocenters. The molecule has 0 radical (unpaired) electrons. The van der Waals surface area contributed by atoms with Crippen molar-refractivity contribution in [3.05, 3.63) is 56.9 Å². The molecule has 5 nitrogen and oxygen atoms in total. The van der Waals surface area contributed by atoms with Crippen molar-refractivity contribution in [2.45, 2.75) is 45.2 Å². The maximum Gasteiger partial charge on any atom is 0.251 e. The average molecular weight is 418 g/mol. The highest BCUT2D eigenvalue weighted by atomic mass is 35.5. The maximum atomic E-state index is 12.5. The van der Waals surface area contributed by atoms with Crippen LogP contribution in [0.5, 0.6) is 0 Å². The van der Waals surface area contributed by atoms with Gasteiger partial charge in [0.25, 0.3) is 5.91 Å². The molecule has 7 heteroatoms. The van der Waals surface area contributed by atoms with Crippen LogP contribution in [0.2, 0.25) is 5.02 Å². The van der Waals surface area contributed by atoms with Gasteiger partial charge in [0.1, 0.15) is 5.00 Å². The lowest BCUT2D eigenvalue weighted by atomic mass is 9.81. The van der Waals surface area contributed by atoms with Crippen molar-refractivity contribution in [2.24, 2.45) is 5.73 Å². The Hall–Kier alpha value is -2.15. The molecule has 1 aromatic heterocycles. The van der Waals surface area contributed by atoms with Crippen LogP contribution in [0.25, 0.3) is 6.08 Å². The van der Waals surface area contributed by atoms with Crippen molar-refractivity contribution in [3.63, 3.8) is 0 Å². The molecule has 0 bridgehead atoms. The number of nitrogens with two attached hydrogens (primary N) is 1. The first kappa shape index (κ1) is 20.6. The van der Waals surface area contributed by atoms with E-state index in [2.05, 4.69) is 38.3 Å². The van der Waals surface area contributed by atoms with Crippen molar-refractivity contribution in [3.8, 4) is 0 Å². The minimum Gasteiger partial charge on any atom is -0.365 e. The van der Waals surface area contributed by atoms with Crippen LogP contribution in [0.1, 0.15) is 54.1 Å². The molecule has 2 amide bonds. The molecule has 0 saturated carbocycles. The number of primary amides is 1. The van der Waals surface area contributed by atoms with Gasteiger partial charge in [-0.05, 0) is 57.4 Å². The van der Waals surface area contributed by atoms with Crippen LogP contribution in [0, 0.1) is 0 Å². The van der Waals surface area contributed by atoms with Gasteiger partial charge in [-0.1, -0.05) is 29.8 Å². The summed E-state index contributed by atoms with van der Waals surface area (Å²) in [5.41, 5.74) is 7.22. The number of anilines is 1. The largest absolute Gasteiger partial charge is 0.365 e. The van der Waals surface area contributed by atoms with Gasteiger partial charge in [-0.2, -0.15) is 0 Å². The summed E-state index contributed by atoms with van der Waals surface area (Å²) in [4.78, 5) is 25.7. The van der Waals surface area contributed by atoms with Crippen molar-refractivity contribution in [1.82, 2.24) is 5.32 Å². The summed E-state index contributed by atoms with van der Waals surface area (Å²) in [5, 5.41) is 7.46. The fourth-order valence-corrected chi connectivity index (χ4v) is 5.29. The van der Waals surface area contributed by atoms with E-state index < -0.39 is 5.91 Å². The van der Waals surface area contributed by atoms with E-state index in [0.717, 1.165) is 16.0 Å². The van der Waals surface area contributed by atoms with Gasteiger partial charge in [-0.15, -0.1) is 11.3 Å². The number of fused-ring (bicyclic) bond motifs is 1. The van der Waals surface area contributed by atoms with E-state index in [9.17, 15) is 9.59 Å². The molecule has 148 valence electrons. The van der Waals surface area contributed by atoms with Gasteiger partial charge in [0.05, 0.1) is 5.56 Å². The standard InChI is InChI=1S/C21H24ClN3O2S/c1-20(2)11-13-16(18(23)27)19(28-17(13)21(3,4)25-20)24-15(26)10-9-12-7-5-6-8-14(12)22/h5-10,25H,11H2,1-4H3,(H2,23,27)(H,24,26). The first-order chi connectivity index (χ1) is 13.0. The predicted molar refractivity (Wildman–Crippen MR) is 116 cm³/mol. The summed E-state index contributed by atoms with van der Waals surface area (Å²) in [6.07, 6.45) is 3.70. The molecule has 4 N–H and O–H groups in total. The van der Waals surface area contributed by atoms with Gasteiger partial charge in [0.2, 0.25) is 5.91 Å². The van der Waals surface area contributed by atoms with Gasteiger partial charge in [-0.3, -0.25) is 9.59 Å². The summed E-state index contributed by atoms with van der Waals surface area (Å²) in [5.74, 6) is -0.873. The Kier molecular flexibility index (Phi) is 5.40. The van der Waals surface area contributed by atoms with Crippen molar-refractivity contribution in [2.75, 3.05) is 5.32 Å². The number of nitrogens with one attached hydrogen (secondary N) is 2. The van der Waals surface area contributed by atoms with Crippen LogP contribution in [0.4, 0.5) is 5.00 Å². The first-order valence-electron chi connectivity index (χ1n) is 8.99. The Labute approximate surface area is 174 Å². The molecule has 0 spiro atoms. The van der Waals surface area contributed by atoms with Crippen molar-refractivity contribution >= 4 is 45.8 Å². The molecule has 1 aliphatic heterocycles. The average Bonchev–Trinajstić information content (AvgIpc) is 2.91. The zero-order chi connectivity index (χ0) is 20.7. The van der Waals surface area contributed by atoms with E-state index in [-0.39, 0.29) is 17.0 Å². The van der Waals surface area contributed by atoms with Crippen LogP contribution in [0.15, 0.2) is 30.3 Å². The highest BCUT2D eigenvalue weighted by molar-refractivity contribution is 7.17. The first-order valence-corrected chi connectivity index (χ1v) is 10.2. The van der Waals surface area contributed by atoms with Gasteiger partial charge < -0.3 is 16.4 Å². The molecule has 0 fully saturated rings. The van der Waals surface area contributed by atoms with Gasteiger partial charge >= 0.3 is 0 Å². The number of halogens is 1. The molecule has 3 rings (SSSR count). The number of carbonyl (C=O) groups is 2. The second kappa shape index (κ2) is 7.35. The molecule has 2 aromatic rings. The van der Waals surface area contributed by atoms with Crippen molar-refractivity contribution in [1.29, 1.82) is 0 Å². The van der Waals surface area contributed by atoms with Crippen LogP contribution in [0.3, 0.4) is 0 Å². The summed E-state index contributed by atoms with van der Waals surface area (Å²) in [6.45, 7) is 8.31. The lowest BCUT2D eigenvalue weighted by molar-refractivity contribution is -0.111. The number of thiophene rings is 1. The van der Waals surface area contributed by atoms with E-state index in [4.69, 9.17) is 17.3 Å². The fourth-order valence-electron chi connectivity index (χ4n) is 3.81.